The predicted molar refractivity (Wildman–Crippen MR) is 217 cm³/mol. The lowest BCUT2D eigenvalue weighted by Crippen LogP contribution is -2.31. The van der Waals surface area contributed by atoms with E-state index in [1.807, 2.05) is 33.8 Å². The molecule has 0 heterocycles. The molecule has 0 spiro atoms. The first-order valence-electron chi connectivity index (χ1n) is 18.5. The van der Waals surface area contributed by atoms with Crippen molar-refractivity contribution >= 4 is 22.9 Å². The predicted octanol–water partition coefficient (Wildman–Crippen LogP) is 12.8. The third kappa shape index (κ3) is 23.5. The van der Waals surface area contributed by atoms with Crippen LogP contribution in [0.15, 0.2) is 65.2 Å². The molecule has 1 saturated carbocycles. The third-order valence-corrected chi connectivity index (χ3v) is 9.27. The maximum absolute atomic E-state index is 13.8. The third-order valence-electron chi connectivity index (χ3n) is 9.27. The van der Waals surface area contributed by atoms with Crippen LogP contribution in [0.4, 0.5) is 4.39 Å². The van der Waals surface area contributed by atoms with E-state index >= 15 is 0 Å². The van der Waals surface area contributed by atoms with Crippen LogP contribution in [-0.2, 0) is 9.59 Å². The van der Waals surface area contributed by atoms with Crippen LogP contribution < -0.4 is 0 Å². The van der Waals surface area contributed by atoms with E-state index in [-0.39, 0.29) is 17.0 Å². The van der Waals surface area contributed by atoms with Crippen molar-refractivity contribution in [2.45, 2.75) is 161 Å². The van der Waals surface area contributed by atoms with Crippen molar-refractivity contribution in [3.63, 3.8) is 0 Å². The first-order chi connectivity index (χ1) is 22.8. The lowest BCUT2D eigenvalue weighted by molar-refractivity contribution is -0.119. The van der Waals surface area contributed by atoms with Gasteiger partial charge >= 0.3 is 0 Å². The van der Waals surface area contributed by atoms with Gasteiger partial charge in [0.2, 0.25) is 0 Å². The number of carbonyl (C=O) groups excluding carboxylic acids is 2. The summed E-state index contributed by atoms with van der Waals surface area (Å²) in [5, 5.41) is 9.94. The lowest BCUT2D eigenvalue weighted by atomic mass is 9.73. The SMILES string of the molecule is C=C(C)C(C)(C)C.C=C(C)C=C(C)C.CCC(C)(CCC1CCC(C)(O)CC1)CC(C)=O.CCN=C(/C=C(\C)c1ccc(C)cc1F)C(C)=O. The highest BCUT2D eigenvalue weighted by Gasteiger charge is 2.31. The Hall–Kier alpha value is -2.92. The average Bonchev–Trinajstić information content (AvgIpc) is 2.95. The Kier molecular flexibility index (Phi) is 23.2. The van der Waals surface area contributed by atoms with Gasteiger partial charge in [-0.3, -0.25) is 9.79 Å². The molecular formula is C45H74FNO3. The quantitative estimate of drug-likeness (QED) is 0.142. The Morgan fingerprint density at radius 1 is 0.980 bits per heavy atom. The van der Waals surface area contributed by atoms with Gasteiger partial charge in [0.1, 0.15) is 17.3 Å². The number of Topliss-reactive ketones (excluding diaryl/α,β-unsaturated/α-hetero) is 2. The second-order valence-corrected chi connectivity index (χ2v) is 16.3. The molecule has 1 aromatic carbocycles. The van der Waals surface area contributed by atoms with Crippen LogP contribution in [0.3, 0.4) is 0 Å². The summed E-state index contributed by atoms with van der Waals surface area (Å²) in [6.45, 7) is 37.8. The number of aliphatic imine (C=N–C) groups is 1. The number of aliphatic hydroxyl groups is 1. The highest BCUT2D eigenvalue weighted by atomic mass is 19.1. The maximum Gasteiger partial charge on any atom is 0.177 e. The minimum absolute atomic E-state index is 0.108. The number of ketones is 2. The monoisotopic (exact) mass is 696 g/mol. The fraction of sp³-hybridized carbons (Fsp3) is 0.622. The van der Waals surface area contributed by atoms with Gasteiger partial charge in [0, 0.05) is 25.5 Å². The Labute approximate surface area is 307 Å². The largest absolute Gasteiger partial charge is 0.390 e. The van der Waals surface area contributed by atoms with Crippen LogP contribution >= 0.6 is 0 Å². The summed E-state index contributed by atoms with van der Waals surface area (Å²) in [5.41, 5.74) is 6.21. The molecule has 2 rings (SSSR count). The van der Waals surface area contributed by atoms with E-state index in [1.165, 1.54) is 30.6 Å². The van der Waals surface area contributed by atoms with Crippen molar-refractivity contribution in [1.82, 2.24) is 0 Å². The number of hydrogen-bond donors (Lipinski definition) is 1. The summed E-state index contributed by atoms with van der Waals surface area (Å²) in [6, 6.07) is 5.05. The molecule has 0 radical (unpaired) electrons. The van der Waals surface area contributed by atoms with Crippen LogP contribution in [0, 0.1) is 29.5 Å². The normalized spacial score (nSPS) is 18.8. The zero-order chi connectivity index (χ0) is 39.5. The average molecular weight is 696 g/mol. The van der Waals surface area contributed by atoms with Gasteiger partial charge in [-0.05, 0) is 141 Å². The minimum atomic E-state index is -0.427. The highest BCUT2D eigenvalue weighted by Crippen LogP contribution is 2.39. The van der Waals surface area contributed by atoms with Crippen molar-refractivity contribution in [2.24, 2.45) is 21.7 Å². The van der Waals surface area contributed by atoms with Gasteiger partial charge in [-0.25, -0.2) is 4.39 Å². The molecule has 0 bridgehead atoms. The van der Waals surface area contributed by atoms with Crippen molar-refractivity contribution in [3.8, 4) is 0 Å². The Balaban J connectivity index is 0. The van der Waals surface area contributed by atoms with Crippen molar-refractivity contribution in [1.29, 1.82) is 0 Å². The smallest absolute Gasteiger partial charge is 0.177 e. The Morgan fingerprint density at radius 3 is 1.84 bits per heavy atom. The van der Waals surface area contributed by atoms with Gasteiger partial charge in [-0.1, -0.05) is 89.1 Å². The lowest BCUT2D eigenvalue weighted by Gasteiger charge is -2.35. The number of aryl methyl sites for hydroxylation is 1. The van der Waals surface area contributed by atoms with Crippen LogP contribution in [0.2, 0.25) is 0 Å². The number of allylic oxidation sites excluding steroid dienone is 6. The number of nitrogens with zero attached hydrogens (tertiary/aromatic N) is 1. The second-order valence-electron chi connectivity index (χ2n) is 16.3. The maximum atomic E-state index is 13.8. The molecule has 0 aliphatic heterocycles. The number of hydrogen-bond acceptors (Lipinski definition) is 4. The summed E-state index contributed by atoms with van der Waals surface area (Å²) in [6.07, 6.45) is 12.0. The van der Waals surface area contributed by atoms with Crippen LogP contribution in [0.5, 0.6) is 0 Å². The zero-order valence-corrected chi connectivity index (χ0v) is 34.8. The molecule has 1 N–H and O–H groups in total. The Morgan fingerprint density at radius 2 is 1.50 bits per heavy atom. The van der Waals surface area contributed by atoms with Crippen LogP contribution in [-0.4, -0.2) is 34.5 Å². The molecule has 284 valence electrons. The topological polar surface area (TPSA) is 66.7 Å². The van der Waals surface area contributed by atoms with E-state index in [4.69, 9.17) is 0 Å². The standard InChI is InChI=1S/C16H30O2.C15H18FNO.C7H14.C7H12/c1-5-15(3,12-13(2)17)9-6-14-7-10-16(4,18)11-8-14;1-5-17-15(12(4)18)9-11(3)13-7-6-10(2)8-14(13)16;1-6(2)7(3,4)5;1-6(2)5-7(3)4/h14,18H,5-12H2,1-4H3;6-9H,5H2,1-4H3;1H2,2-5H3;5H,1H2,2-4H3/b;11-9+,17-15?;;. The molecule has 0 aromatic heterocycles. The van der Waals surface area contributed by atoms with Gasteiger partial charge in [0.25, 0.3) is 0 Å². The summed E-state index contributed by atoms with van der Waals surface area (Å²) in [4.78, 5) is 26.8. The highest BCUT2D eigenvalue weighted by molar-refractivity contribution is 6.44. The van der Waals surface area contributed by atoms with E-state index in [1.54, 1.807) is 26.0 Å². The molecule has 4 nitrogen and oxygen atoms in total. The molecule has 1 aliphatic carbocycles. The molecule has 1 atom stereocenters. The van der Waals surface area contributed by atoms with Gasteiger partial charge in [-0.2, -0.15) is 0 Å². The van der Waals surface area contributed by atoms with E-state index < -0.39 is 5.60 Å². The minimum Gasteiger partial charge on any atom is -0.390 e. The van der Waals surface area contributed by atoms with E-state index in [9.17, 15) is 19.1 Å². The first kappa shape index (κ1) is 49.2. The molecule has 1 unspecified atom stereocenters. The molecule has 1 aliphatic rings. The summed E-state index contributed by atoms with van der Waals surface area (Å²) >= 11 is 0. The fourth-order valence-corrected chi connectivity index (χ4v) is 5.28. The molecule has 1 fully saturated rings. The van der Waals surface area contributed by atoms with Crippen molar-refractivity contribution < 1.29 is 19.1 Å². The molecule has 5 heteroatoms. The molecular weight excluding hydrogens is 621 g/mol. The molecule has 0 amide bonds. The molecule has 50 heavy (non-hydrogen) atoms. The number of benzene rings is 1. The van der Waals surface area contributed by atoms with Crippen molar-refractivity contribution in [2.75, 3.05) is 6.54 Å². The van der Waals surface area contributed by atoms with Gasteiger partial charge in [0.15, 0.2) is 5.78 Å². The van der Waals surface area contributed by atoms with E-state index in [0.717, 1.165) is 55.6 Å². The summed E-state index contributed by atoms with van der Waals surface area (Å²) in [7, 11) is 0. The van der Waals surface area contributed by atoms with E-state index in [0.29, 0.717) is 41.0 Å². The number of rotatable bonds is 11. The second kappa shape index (κ2) is 23.5. The van der Waals surface area contributed by atoms with Gasteiger partial charge in [-0.15, -0.1) is 0 Å². The van der Waals surface area contributed by atoms with E-state index in [2.05, 4.69) is 79.6 Å². The first-order valence-corrected chi connectivity index (χ1v) is 18.5. The molecule has 0 saturated heterocycles. The summed E-state index contributed by atoms with van der Waals surface area (Å²) in [5.74, 6) is 0.681. The number of halogens is 1. The Bertz CT molecular complexity index is 1320. The van der Waals surface area contributed by atoms with Crippen molar-refractivity contribution in [3.05, 3.63) is 77.2 Å². The zero-order valence-electron chi connectivity index (χ0n) is 34.8. The molecule has 1 aromatic rings. The van der Waals surface area contributed by atoms with Gasteiger partial charge in [0.05, 0.1) is 5.60 Å². The number of carbonyl (C=O) groups is 2. The summed E-state index contributed by atoms with van der Waals surface area (Å²) < 4.78 is 13.8. The fourth-order valence-electron chi connectivity index (χ4n) is 5.28. The van der Waals surface area contributed by atoms with Crippen LogP contribution in [0.1, 0.15) is 159 Å². The van der Waals surface area contributed by atoms with Gasteiger partial charge < -0.3 is 9.90 Å². The van der Waals surface area contributed by atoms with Crippen LogP contribution in [0.25, 0.3) is 5.57 Å².